The van der Waals surface area contributed by atoms with Crippen LogP contribution in [0.4, 0.5) is 0 Å². The van der Waals surface area contributed by atoms with Gasteiger partial charge < -0.3 is 14.7 Å². The van der Waals surface area contributed by atoms with Crippen molar-refractivity contribution in [3.05, 3.63) is 35.5 Å². The van der Waals surface area contributed by atoms with E-state index >= 15 is 0 Å². The summed E-state index contributed by atoms with van der Waals surface area (Å²) >= 11 is 0. The summed E-state index contributed by atoms with van der Waals surface area (Å²) in [6.07, 6.45) is 1.48. The first kappa shape index (κ1) is 10.2. The second kappa shape index (κ2) is 6.24. The van der Waals surface area contributed by atoms with Gasteiger partial charge in [0.05, 0.1) is 17.7 Å². The molecule has 0 bridgehead atoms. The summed E-state index contributed by atoms with van der Waals surface area (Å²) in [5.41, 5.74) is 0.631. The predicted octanol–water partition coefficient (Wildman–Crippen LogP) is 0.449. The molecule has 0 aromatic carbocycles. The quantitative estimate of drug-likeness (QED) is 0.623. The number of carbonyl (C=O) groups is 1. The Hall–Kier alpha value is -2.62. The molecule has 3 heterocycles. The molecule has 1 aliphatic heterocycles. The molecule has 0 unspecified atom stereocenters. The third kappa shape index (κ3) is 2.84. The van der Waals surface area contributed by atoms with Crippen molar-refractivity contribution < 1.29 is 11.6 Å². The van der Waals surface area contributed by atoms with Crippen molar-refractivity contribution in [2.24, 2.45) is 5.89 Å². The Balaban J connectivity index is 2.33. The van der Waals surface area contributed by atoms with E-state index < -0.39 is 30.9 Å². The fourth-order valence-electron chi connectivity index (χ4n) is 2.60. The van der Waals surface area contributed by atoms with Crippen LogP contribution in [0.15, 0.2) is 18.6 Å². The lowest BCUT2D eigenvalue weighted by Gasteiger charge is -2.35. The maximum atomic E-state index is 12.4. The Kier molecular flexibility index (Phi) is 2.77. The van der Waals surface area contributed by atoms with Crippen LogP contribution in [0, 0.1) is 12.5 Å². The molecular formula is C16H21N6O+. The van der Waals surface area contributed by atoms with Gasteiger partial charge in [-0.05, 0) is 18.4 Å². The van der Waals surface area contributed by atoms with Gasteiger partial charge in [0.1, 0.15) is 18.4 Å². The molecule has 1 fully saturated rings. The maximum Gasteiger partial charge on any atom is 0.302 e. The van der Waals surface area contributed by atoms with Gasteiger partial charge in [0, 0.05) is 14.1 Å². The largest absolute Gasteiger partial charge is 0.346 e. The monoisotopic (exact) mass is 318 g/mol. The number of amides is 1. The number of hydrogen-bond acceptors (Lipinski definition) is 2. The van der Waals surface area contributed by atoms with Gasteiger partial charge >= 0.3 is 5.91 Å². The van der Waals surface area contributed by atoms with Gasteiger partial charge in [-0.3, -0.25) is 9.37 Å². The summed E-state index contributed by atoms with van der Waals surface area (Å²) < 4.78 is 44.2. The van der Waals surface area contributed by atoms with E-state index in [4.69, 9.17) is 13.4 Å². The number of fused-ring (bicyclic) bond motifs is 1. The van der Waals surface area contributed by atoms with E-state index in [1.165, 1.54) is 18.5 Å². The Bertz CT molecular complexity index is 1050. The molecule has 120 valence electrons. The van der Waals surface area contributed by atoms with Crippen molar-refractivity contribution in [1.29, 1.82) is 0 Å². The van der Waals surface area contributed by atoms with Crippen LogP contribution in [0.3, 0.4) is 0 Å². The summed E-state index contributed by atoms with van der Waals surface area (Å²) in [6, 6.07) is -0.556. The van der Waals surface area contributed by atoms with Crippen molar-refractivity contribution in [1.82, 2.24) is 24.4 Å². The zero-order valence-electron chi connectivity index (χ0n) is 18.0. The minimum Gasteiger partial charge on any atom is -0.346 e. The summed E-state index contributed by atoms with van der Waals surface area (Å²) in [4.78, 5) is 25.9. The van der Waals surface area contributed by atoms with E-state index in [1.54, 1.807) is 12.3 Å². The van der Waals surface area contributed by atoms with E-state index in [1.807, 2.05) is 0 Å². The second-order valence-electron chi connectivity index (χ2n) is 5.35. The molecule has 2 N–H and O–H groups in total. The van der Waals surface area contributed by atoms with Crippen LogP contribution in [0.5, 0.6) is 0 Å². The first-order valence-electron chi connectivity index (χ1n) is 9.72. The summed E-state index contributed by atoms with van der Waals surface area (Å²) in [5.74, 6) is -2.31. The normalized spacial score (nSPS) is 34.5. The number of aromatic amines is 2. The van der Waals surface area contributed by atoms with Crippen molar-refractivity contribution in [2.45, 2.75) is 19.4 Å². The highest BCUT2D eigenvalue weighted by Crippen LogP contribution is 2.18. The van der Waals surface area contributed by atoms with Gasteiger partial charge in [-0.25, -0.2) is 11.6 Å². The standard InChI is InChI=1S/C16H20N6O/c1-11-5-7-22(14(23)8-17-2)9-13(11)21(3)16-12-4-6-18-15(12)19-10-20-16/h4,6,10-11,13H,5,7-9H2,1,3H3,(H,18,19,20)/p+1/t11-,13+/m1/s1/i9D2,10D,11D,13D. The first-order chi connectivity index (χ1) is 13.0. The summed E-state index contributed by atoms with van der Waals surface area (Å²) in [7, 11) is 1.46. The number of carbonyl (C=O) groups excluding carboxylic acids is 1. The third-order valence-corrected chi connectivity index (χ3v) is 3.86. The average Bonchev–Trinajstić information content (AvgIpc) is 3.06. The van der Waals surface area contributed by atoms with Gasteiger partial charge in [-0.1, -0.05) is 6.92 Å². The second-order valence-corrected chi connectivity index (χ2v) is 5.35. The molecule has 2 aromatic heterocycles. The van der Waals surface area contributed by atoms with Crippen LogP contribution < -0.4 is 10.1 Å². The summed E-state index contributed by atoms with van der Waals surface area (Å²) in [6.45, 7) is 5.21. The lowest BCUT2D eigenvalue weighted by molar-refractivity contribution is -0.131. The minimum atomic E-state index is -2.57. The molecular weight excluding hydrogens is 292 g/mol. The van der Waals surface area contributed by atoms with Crippen molar-refractivity contribution in [3.8, 4) is 0 Å². The number of nitrogens with one attached hydrogen (secondary N) is 2. The fraction of sp³-hybridized carbons (Fsp3) is 0.500. The van der Waals surface area contributed by atoms with Crippen LogP contribution in [-0.4, -0.2) is 58.4 Å². The van der Waals surface area contributed by atoms with E-state index in [0.717, 1.165) is 4.90 Å². The Morgan fingerprint density at radius 3 is 3.35 bits per heavy atom. The highest BCUT2D eigenvalue weighted by atomic mass is 16.2. The number of likely N-dealkylation sites (tertiary alicyclic amines) is 1. The number of hydrogen-bond donors (Lipinski definition) is 2. The summed E-state index contributed by atoms with van der Waals surface area (Å²) in [5, 5.41) is 0.529. The predicted molar refractivity (Wildman–Crippen MR) is 87.3 cm³/mol. The van der Waals surface area contributed by atoms with Crippen LogP contribution in [0.2, 0.25) is 0 Å². The lowest BCUT2D eigenvalue weighted by Crippen LogP contribution is -2.54. The number of rotatable bonds is 2. The minimum absolute atomic E-state index is 0.0547. The van der Waals surface area contributed by atoms with Gasteiger partial charge in [0.15, 0.2) is 6.30 Å². The molecule has 1 amide bonds. The van der Waals surface area contributed by atoms with E-state index in [0.29, 0.717) is 11.0 Å². The molecule has 1 aliphatic rings. The fourth-order valence-corrected chi connectivity index (χ4v) is 2.60. The van der Waals surface area contributed by atoms with Crippen molar-refractivity contribution >= 4 is 16.9 Å². The smallest absolute Gasteiger partial charge is 0.302 e. The Morgan fingerprint density at radius 1 is 1.74 bits per heavy atom. The maximum absolute atomic E-state index is 12.4. The van der Waals surface area contributed by atoms with E-state index in [9.17, 15) is 4.79 Å². The topological polar surface area (TPSA) is 72.2 Å². The average molecular weight is 318 g/mol. The van der Waals surface area contributed by atoms with Crippen LogP contribution in [0.25, 0.3) is 15.9 Å². The SMILES string of the molecule is [2H]c1nc2[nH]ccc2c(=[N+](C)[C@@]2([2H])C([2H])([2H])N(C(=O)C[N+]#[C-])CC[C@@]2([2H])C)[nH]1. The molecule has 0 radical (unpaired) electrons. The van der Waals surface area contributed by atoms with E-state index in [-0.39, 0.29) is 24.8 Å². The lowest BCUT2D eigenvalue weighted by atomic mass is 9.93. The van der Waals surface area contributed by atoms with Crippen molar-refractivity contribution in [3.63, 3.8) is 0 Å². The molecule has 23 heavy (non-hydrogen) atoms. The highest BCUT2D eigenvalue weighted by molar-refractivity contribution is 5.79. The van der Waals surface area contributed by atoms with Crippen molar-refractivity contribution in [2.75, 3.05) is 26.6 Å². The van der Waals surface area contributed by atoms with Gasteiger partial charge in [-0.15, -0.1) is 0 Å². The zero-order valence-corrected chi connectivity index (χ0v) is 13.0. The third-order valence-electron chi connectivity index (χ3n) is 3.86. The number of nitrogens with zero attached hydrogens (tertiary/aromatic N) is 4. The van der Waals surface area contributed by atoms with Gasteiger partial charge in [0.2, 0.25) is 0 Å². The van der Waals surface area contributed by atoms with E-state index in [2.05, 4.69) is 19.8 Å². The number of piperidine rings is 1. The molecule has 7 heteroatoms. The molecule has 2 aromatic rings. The first-order valence-corrected chi connectivity index (χ1v) is 7.22. The Morgan fingerprint density at radius 2 is 2.57 bits per heavy atom. The molecule has 7 nitrogen and oxygen atoms in total. The van der Waals surface area contributed by atoms with Crippen LogP contribution in [0.1, 0.15) is 20.2 Å². The number of H-pyrrole nitrogens is 2. The van der Waals surface area contributed by atoms with Crippen LogP contribution in [-0.2, 0) is 4.79 Å². The number of aromatic nitrogens is 3. The van der Waals surface area contributed by atoms with Crippen LogP contribution >= 0.6 is 0 Å². The molecule has 1 saturated heterocycles. The molecule has 0 saturated carbocycles. The highest BCUT2D eigenvalue weighted by Gasteiger charge is 2.33. The molecule has 2 atom stereocenters. The molecule has 0 spiro atoms. The number of likely N-dealkylation sites (N-methyl/N-ethyl adjacent to an activating group) is 1. The zero-order chi connectivity index (χ0) is 20.9. The molecule has 0 aliphatic carbocycles. The Labute approximate surface area is 141 Å². The van der Waals surface area contributed by atoms with Gasteiger partial charge in [0.25, 0.3) is 12.0 Å². The molecule has 3 rings (SSSR count). The van der Waals surface area contributed by atoms with Gasteiger partial charge in [-0.2, -0.15) is 4.98 Å².